The molecule has 1 aliphatic carbocycles. The third-order valence-corrected chi connectivity index (χ3v) is 3.80. The van der Waals surface area contributed by atoms with Crippen molar-refractivity contribution in [3.63, 3.8) is 0 Å². The van der Waals surface area contributed by atoms with Crippen LogP contribution < -0.4 is 0 Å². The lowest BCUT2D eigenvalue weighted by molar-refractivity contribution is -0.384. The first-order valence-electron chi connectivity index (χ1n) is 6.27. The molecule has 0 bridgehead atoms. The van der Waals surface area contributed by atoms with Crippen LogP contribution in [0.1, 0.15) is 23.2 Å². The second-order valence-electron chi connectivity index (χ2n) is 5.04. The molecule has 3 rings (SSSR count). The molecule has 1 heterocycles. The van der Waals surface area contributed by atoms with Crippen LogP contribution >= 0.6 is 0 Å². The van der Waals surface area contributed by atoms with Gasteiger partial charge in [-0.25, -0.2) is 0 Å². The SMILES string of the molecule is O=C(c1ccc([N+](=O)[O-])cc1)N1CCOCC12CC2. The summed E-state index contributed by atoms with van der Waals surface area (Å²) in [5.74, 6) is -0.0595. The average Bonchev–Trinajstić information content (AvgIpc) is 3.19. The van der Waals surface area contributed by atoms with Crippen molar-refractivity contribution in [1.29, 1.82) is 0 Å². The second kappa shape index (κ2) is 4.31. The van der Waals surface area contributed by atoms with Gasteiger partial charge in [-0.2, -0.15) is 0 Å². The maximum absolute atomic E-state index is 12.4. The van der Waals surface area contributed by atoms with Crippen LogP contribution in [0, 0.1) is 10.1 Å². The number of non-ortho nitro benzene ring substituents is 1. The molecule has 1 amide bonds. The topological polar surface area (TPSA) is 72.7 Å². The lowest BCUT2D eigenvalue weighted by atomic mass is 10.1. The summed E-state index contributed by atoms with van der Waals surface area (Å²) in [4.78, 5) is 24.4. The molecule has 0 aromatic heterocycles. The fourth-order valence-electron chi connectivity index (χ4n) is 2.49. The van der Waals surface area contributed by atoms with Gasteiger partial charge in [-0.05, 0) is 25.0 Å². The van der Waals surface area contributed by atoms with Crippen molar-refractivity contribution in [3.8, 4) is 0 Å². The molecular formula is C13H14N2O4. The summed E-state index contributed by atoms with van der Waals surface area (Å²) < 4.78 is 5.43. The number of amides is 1. The molecule has 6 nitrogen and oxygen atoms in total. The van der Waals surface area contributed by atoms with E-state index in [1.807, 2.05) is 4.90 Å². The summed E-state index contributed by atoms with van der Waals surface area (Å²) in [6.07, 6.45) is 1.96. The summed E-state index contributed by atoms with van der Waals surface area (Å²) in [6, 6.07) is 5.78. The van der Waals surface area contributed by atoms with Crippen molar-refractivity contribution in [2.75, 3.05) is 19.8 Å². The van der Waals surface area contributed by atoms with E-state index >= 15 is 0 Å². The van der Waals surface area contributed by atoms with Crippen molar-refractivity contribution in [3.05, 3.63) is 39.9 Å². The lowest BCUT2D eigenvalue weighted by Gasteiger charge is -2.36. The maximum atomic E-state index is 12.4. The molecule has 0 radical (unpaired) electrons. The van der Waals surface area contributed by atoms with Gasteiger partial charge in [0.1, 0.15) is 0 Å². The van der Waals surface area contributed by atoms with Gasteiger partial charge in [0, 0.05) is 24.2 Å². The van der Waals surface area contributed by atoms with Crippen LogP contribution in [0.3, 0.4) is 0 Å². The normalized spacial score (nSPS) is 20.3. The highest BCUT2D eigenvalue weighted by Crippen LogP contribution is 2.44. The van der Waals surface area contributed by atoms with E-state index in [4.69, 9.17) is 4.74 Å². The molecule has 0 N–H and O–H groups in total. The van der Waals surface area contributed by atoms with Crippen LogP contribution in [0.2, 0.25) is 0 Å². The number of hydrogen-bond acceptors (Lipinski definition) is 4. The molecule has 1 saturated heterocycles. The fourth-order valence-corrected chi connectivity index (χ4v) is 2.49. The van der Waals surface area contributed by atoms with E-state index in [2.05, 4.69) is 0 Å². The van der Waals surface area contributed by atoms with Gasteiger partial charge in [-0.15, -0.1) is 0 Å². The molecule has 1 aliphatic heterocycles. The smallest absolute Gasteiger partial charge is 0.269 e. The van der Waals surface area contributed by atoms with Crippen molar-refractivity contribution in [1.82, 2.24) is 4.90 Å². The Balaban J connectivity index is 1.81. The molecule has 1 aromatic rings. The van der Waals surface area contributed by atoms with Gasteiger partial charge in [0.05, 0.1) is 23.7 Å². The molecule has 0 unspecified atom stereocenters. The number of morpholine rings is 1. The monoisotopic (exact) mass is 262 g/mol. The van der Waals surface area contributed by atoms with Crippen LogP contribution in [0.25, 0.3) is 0 Å². The van der Waals surface area contributed by atoms with Gasteiger partial charge < -0.3 is 9.64 Å². The minimum Gasteiger partial charge on any atom is -0.377 e. The summed E-state index contributed by atoms with van der Waals surface area (Å²) in [5.41, 5.74) is 0.385. The predicted molar refractivity (Wildman–Crippen MR) is 66.9 cm³/mol. The number of benzene rings is 1. The van der Waals surface area contributed by atoms with Crippen LogP contribution in [0.15, 0.2) is 24.3 Å². The van der Waals surface area contributed by atoms with Crippen molar-refractivity contribution >= 4 is 11.6 Å². The summed E-state index contributed by atoms with van der Waals surface area (Å²) in [7, 11) is 0. The fraction of sp³-hybridized carbons (Fsp3) is 0.462. The minimum atomic E-state index is -0.467. The zero-order valence-electron chi connectivity index (χ0n) is 10.4. The van der Waals surface area contributed by atoms with Crippen LogP contribution in [-0.4, -0.2) is 41.0 Å². The van der Waals surface area contributed by atoms with Crippen molar-refractivity contribution < 1.29 is 14.5 Å². The van der Waals surface area contributed by atoms with Gasteiger partial charge in [0.2, 0.25) is 0 Å². The van der Waals surface area contributed by atoms with Crippen LogP contribution in [0.5, 0.6) is 0 Å². The zero-order chi connectivity index (χ0) is 13.5. The van der Waals surface area contributed by atoms with E-state index in [1.54, 1.807) is 0 Å². The predicted octanol–water partition coefficient (Wildman–Crippen LogP) is 1.60. The molecule has 100 valence electrons. The Labute approximate surface area is 110 Å². The Kier molecular flexibility index (Phi) is 2.74. The van der Waals surface area contributed by atoms with E-state index < -0.39 is 4.92 Å². The van der Waals surface area contributed by atoms with Gasteiger partial charge in [0.15, 0.2) is 0 Å². The Morgan fingerprint density at radius 2 is 2.00 bits per heavy atom. The Morgan fingerprint density at radius 3 is 2.58 bits per heavy atom. The van der Waals surface area contributed by atoms with E-state index in [1.165, 1.54) is 24.3 Å². The van der Waals surface area contributed by atoms with Gasteiger partial charge in [-0.1, -0.05) is 0 Å². The molecule has 2 fully saturated rings. The number of nitro groups is 1. The average molecular weight is 262 g/mol. The van der Waals surface area contributed by atoms with Gasteiger partial charge in [0.25, 0.3) is 11.6 Å². The number of ether oxygens (including phenoxy) is 1. The van der Waals surface area contributed by atoms with Crippen molar-refractivity contribution in [2.24, 2.45) is 0 Å². The van der Waals surface area contributed by atoms with E-state index in [0.717, 1.165) is 12.8 Å². The first kappa shape index (κ1) is 12.1. The second-order valence-corrected chi connectivity index (χ2v) is 5.04. The minimum absolute atomic E-state index is 0.000312. The highest BCUT2D eigenvalue weighted by molar-refractivity contribution is 5.95. The number of nitrogens with zero attached hydrogens (tertiary/aromatic N) is 2. The van der Waals surface area contributed by atoms with E-state index in [9.17, 15) is 14.9 Å². The maximum Gasteiger partial charge on any atom is 0.269 e. The zero-order valence-corrected chi connectivity index (χ0v) is 10.4. The summed E-state index contributed by atoms with van der Waals surface area (Å²) in [5, 5.41) is 10.6. The Bertz CT molecular complexity index is 522. The Hall–Kier alpha value is -1.95. The molecule has 2 aliphatic rings. The third kappa shape index (κ3) is 2.08. The molecular weight excluding hydrogens is 248 g/mol. The van der Waals surface area contributed by atoms with Crippen LogP contribution in [0.4, 0.5) is 5.69 Å². The first-order valence-corrected chi connectivity index (χ1v) is 6.27. The molecule has 6 heteroatoms. The molecule has 1 saturated carbocycles. The molecule has 19 heavy (non-hydrogen) atoms. The lowest BCUT2D eigenvalue weighted by Crippen LogP contribution is -2.50. The Morgan fingerprint density at radius 1 is 1.32 bits per heavy atom. The first-order chi connectivity index (χ1) is 9.12. The number of nitro benzene ring substituents is 1. The third-order valence-electron chi connectivity index (χ3n) is 3.80. The number of carbonyl (C=O) groups is 1. The number of carbonyl (C=O) groups excluding carboxylic acids is 1. The standard InChI is InChI=1S/C13H14N2O4/c16-12(10-1-3-11(4-2-10)15(17)18)14-7-8-19-9-13(14)5-6-13/h1-4H,5-9H2. The molecule has 1 aromatic carbocycles. The van der Waals surface area contributed by atoms with Gasteiger partial charge >= 0.3 is 0 Å². The van der Waals surface area contributed by atoms with E-state index in [-0.39, 0.29) is 17.1 Å². The summed E-state index contributed by atoms with van der Waals surface area (Å²) >= 11 is 0. The molecule has 0 atom stereocenters. The van der Waals surface area contributed by atoms with Crippen LogP contribution in [-0.2, 0) is 4.74 Å². The highest BCUT2D eigenvalue weighted by Gasteiger charge is 2.52. The van der Waals surface area contributed by atoms with Crippen molar-refractivity contribution in [2.45, 2.75) is 18.4 Å². The summed E-state index contributed by atoms with van der Waals surface area (Å²) in [6.45, 7) is 1.75. The van der Waals surface area contributed by atoms with Gasteiger partial charge in [-0.3, -0.25) is 14.9 Å². The molecule has 1 spiro atoms. The van der Waals surface area contributed by atoms with E-state index in [0.29, 0.717) is 25.3 Å². The highest BCUT2D eigenvalue weighted by atomic mass is 16.6. The quantitative estimate of drug-likeness (QED) is 0.599. The number of hydrogen-bond donors (Lipinski definition) is 0. The largest absolute Gasteiger partial charge is 0.377 e. The number of rotatable bonds is 2.